The molecule has 0 aliphatic carbocycles. The molecule has 292 valence electrons. The van der Waals surface area contributed by atoms with Crippen LogP contribution in [0.3, 0.4) is 0 Å². The standard InChI is InChI=1S/C22H30BrN3O3.C18H22BrN3O3/c1-5-7-12-28-22(27)19-9-11-21(25-24-19)26(6-2)14-17-13-18(23)8-10-20(17)29-15-16(3)4;1-4-22(17-8-6-15(18(23)24)20-21-17)10-13-9-14(19)5-7-16(13)25-11-12(2)3/h8-11,13,16H,5-7,12,14-15H2,1-4H3;5-9,12H,4,10-11H2,1-3H3,(H,23,24). The van der Waals surface area contributed by atoms with Crippen LogP contribution in [0.25, 0.3) is 0 Å². The Morgan fingerprint density at radius 2 is 1.15 bits per heavy atom. The monoisotopic (exact) mass is 870 g/mol. The van der Waals surface area contributed by atoms with Crippen LogP contribution in [0, 0.1) is 11.8 Å². The summed E-state index contributed by atoms with van der Waals surface area (Å²) >= 11 is 7.04. The zero-order chi connectivity index (χ0) is 39.6. The summed E-state index contributed by atoms with van der Waals surface area (Å²) in [6.45, 7) is 19.0. The van der Waals surface area contributed by atoms with Crippen molar-refractivity contribution < 1.29 is 28.9 Å². The second-order valence-corrected chi connectivity index (χ2v) is 15.1. The first kappa shape index (κ1) is 44.1. The molecule has 4 rings (SSSR count). The number of halogens is 2. The van der Waals surface area contributed by atoms with Gasteiger partial charge in [-0.3, -0.25) is 0 Å². The molecular weight excluding hydrogens is 820 g/mol. The number of hydrogen-bond acceptors (Lipinski definition) is 11. The van der Waals surface area contributed by atoms with E-state index in [2.05, 4.69) is 97.8 Å². The SMILES string of the molecule is CCCCOC(=O)c1ccc(N(CC)Cc2cc(Br)ccc2OCC(C)C)nn1.CCN(Cc1cc(Br)ccc1OCC(C)C)c1ccc(C(=O)O)nn1. The van der Waals surface area contributed by atoms with E-state index in [4.69, 9.17) is 19.3 Å². The molecule has 2 aromatic heterocycles. The number of esters is 1. The summed E-state index contributed by atoms with van der Waals surface area (Å²) in [6.07, 6.45) is 1.82. The number of carbonyl (C=O) groups excluding carboxylic acids is 1. The van der Waals surface area contributed by atoms with Gasteiger partial charge >= 0.3 is 11.9 Å². The fourth-order valence-electron chi connectivity index (χ4n) is 4.85. The van der Waals surface area contributed by atoms with Crippen LogP contribution < -0.4 is 19.3 Å². The van der Waals surface area contributed by atoms with Crippen LogP contribution in [0.1, 0.15) is 93.4 Å². The Bertz CT molecular complexity index is 1760. The number of unbranched alkanes of at least 4 members (excludes halogenated alkanes) is 1. The summed E-state index contributed by atoms with van der Waals surface area (Å²) in [7, 11) is 0. The molecule has 0 atom stereocenters. The Hall–Kier alpha value is -4.30. The van der Waals surface area contributed by atoms with Crippen LogP contribution in [0.4, 0.5) is 11.6 Å². The average molecular weight is 873 g/mol. The highest BCUT2D eigenvalue weighted by atomic mass is 79.9. The number of benzene rings is 2. The van der Waals surface area contributed by atoms with Gasteiger partial charge in [-0.25, -0.2) is 9.59 Å². The molecule has 14 heteroatoms. The highest BCUT2D eigenvalue weighted by Crippen LogP contribution is 2.28. The van der Waals surface area contributed by atoms with Gasteiger partial charge in [0, 0.05) is 46.3 Å². The number of ether oxygens (including phenoxy) is 3. The molecule has 0 aliphatic rings. The molecule has 0 saturated carbocycles. The zero-order valence-corrected chi connectivity index (χ0v) is 35.4. The summed E-state index contributed by atoms with van der Waals surface area (Å²) in [4.78, 5) is 27.0. The topological polar surface area (TPSA) is 140 Å². The van der Waals surface area contributed by atoms with Crippen molar-refractivity contribution >= 4 is 55.4 Å². The van der Waals surface area contributed by atoms with Crippen molar-refractivity contribution in [1.29, 1.82) is 0 Å². The van der Waals surface area contributed by atoms with Crippen molar-refractivity contribution in [3.8, 4) is 11.5 Å². The van der Waals surface area contributed by atoms with Crippen molar-refractivity contribution in [2.75, 3.05) is 42.7 Å². The van der Waals surface area contributed by atoms with Crippen LogP contribution in [0.5, 0.6) is 11.5 Å². The zero-order valence-electron chi connectivity index (χ0n) is 32.2. The molecule has 0 bridgehead atoms. The maximum absolute atomic E-state index is 12.0. The molecule has 2 aromatic carbocycles. The van der Waals surface area contributed by atoms with Crippen LogP contribution in [-0.4, -0.2) is 70.4 Å². The van der Waals surface area contributed by atoms with Gasteiger partial charge in [-0.05, 0) is 92.8 Å². The minimum atomic E-state index is -1.08. The Morgan fingerprint density at radius 3 is 1.52 bits per heavy atom. The van der Waals surface area contributed by atoms with Crippen LogP contribution in [0.15, 0.2) is 69.6 Å². The largest absolute Gasteiger partial charge is 0.493 e. The molecule has 12 nitrogen and oxygen atoms in total. The Balaban J connectivity index is 0.000000294. The highest BCUT2D eigenvalue weighted by molar-refractivity contribution is 9.10. The number of hydrogen-bond donors (Lipinski definition) is 1. The molecule has 0 unspecified atom stereocenters. The minimum Gasteiger partial charge on any atom is -0.493 e. The van der Waals surface area contributed by atoms with Gasteiger partial charge in [0.1, 0.15) is 11.5 Å². The van der Waals surface area contributed by atoms with E-state index in [0.717, 1.165) is 51.0 Å². The smallest absolute Gasteiger partial charge is 0.358 e. The fraction of sp³-hybridized carbons (Fsp3) is 0.450. The number of aromatic carboxylic acids is 1. The maximum atomic E-state index is 12.0. The van der Waals surface area contributed by atoms with Gasteiger partial charge in [-0.15, -0.1) is 20.4 Å². The Kier molecular flexibility index (Phi) is 18.6. The number of carboxylic acids is 1. The van der Waals surface area contributed by atoms with E-state index in [-0.39, 0.29) is 11.4 Å². The summed E-state index contributed by atoms with van der Waals surface area (Å²) < 4.78 is 19.1. The number of carboxylic acid groups (broad SMARTS) is 1. The van der Waals surface area contributed by atoms with Gasteiger partial charge in [0.2, 0.25) is 0 Å². The lowest BCUT2D eigenvalue weighted by Crippen LogP contribution is -2.24. The molecule has 0 radical (unpaired) electrons. The Labute approximate surface area is 335 Å². The summed E-state index contributed by atoms with van der Waals surface area (Å²) in [5.41, 5.74) is 2.25. The van der Waals surface area contributed by atoms with E-state index in [9.17, 15) is 9.59 Å². The third-order valence-corrected chi connectivity index (χ3v) is 8.77. The third kappa shape index (κ3) is 14.5. The van der Waals surface area contributed by atoms with E-state index in [0.29, 0.717) is 62.9 Å². The number of aromatic nitrogens is 4. The lowest BCUT2D eigenvalue weighted by Gasteiger charge is -2.23. The minimum absolute atomic E-state index is 0.0665. The normalized spacial score (nSPS) is 10.8. The van der Waals surface area contributed by atoms with Crippen LogP contribution >= 0.6 is 31.9 Å². The number of rotatable bonds is 19. The highest BCUT2D eigenvalue weighted by Gasteiger charge is 2.16. The van der Waals surface area contributed by atoms with Gasteiger partial charge in [-0.2, -0.15) is 0 Å². The van der Waals surface area contributed by atoms with Crippen LogP contribution in [-0.2, 0) is 17.8 Å². The van der Waals surface area contributed by atoms with Crippen molar-refractivity contribution in [1.82, 2.24) is 20.4 Å². The molecule has 0 aliphatic heterocycles. The average Bonchev–Trinajstić information content (AvgIpc) is 3.15. The molecule has 0 amide bonds. The second-order valence-electron chi connectivity index (χ2n) is 13.3. The van der Waals surface area contributed by atoms with Gasteiger partial charge in [0.15, 0.2) is 23.0 Å². The molecule has 54 heavy (non-hydrogen) atoms. The van der Waals surface area contributed by atoms with Crippen LogP contribution in [0.2, 0.25) is 0 Å². The van der Waals surface area contributed by atoms with E-state index >= 15 is 0 Å². The lowest BCUT2D eigenvalue weighted by molar-refractivity contribution is 0.0491. The third-order valence-electron chi connectivity index (χ3n) is 7.78. The van der Waals surface area contributed by atoms with E-state index in [1.807, 2.05) is 49.1 Å². The molecule has 4 aromatic rings. The first-order chi connectivity index (χ1) is 25.8. The molecule has 0 fully saturated rings. The van der Waals surface area contributed by atoms with E-state index in [1.54, 1.807) is 18.2 Å². The Morgan fingerprint density at radius 1 is 0.685 bits per heavy atom. The van der Waals surface area contributed by atoms with Gasteiger partial charge in [0.25, 0.3) is 0 Å². The first-order valence-corrected chi connectivity index (χ1v) is 19.8. The van der Waals surface area contributed by atoms with Crippen molar-refractivity contribution in [2.24, 2.45) is 11.8 Å². The summed E-state index contributed by atoms with van der Waals surface area (Å²) in [6, 6.07) is 18.6. The van der Waals surface area contributed by atoms with Crippen molar-refractivity contribution in [3.05, 3.63) is 92.1 Å². The molecular formula is C40H52Br2N6O6. The number of nitrogens with zero attached hydrogens (tertiary/aromatic N) is 6. The molecule has 2 heterocycles. The molecule has 0 spiro atoms. The quantitative estimate of drug-likeness (QED) is 0.0710. The lowest BCUT2D eigenvalue weighted by atomic mass is 10.1. The van der Waals surface area contributed by atoms with Crippen molar-refractivity contribution in [3.63, 3.8) is 0 Å². The fourth-order valence-corrected chi connectivity index (χ4v) is 5.67. The summed E-state index contributed by atoms with van der Waals surface area (Å²) in [5, 5.41) is 25.0. The number of carbonyl (C=O) groups is 2. The summed E-state index contributed by atoms with van der Waals surface area (Å²) in [5.74, 6) is 2.40. The van der Waals surface area contributed by atoms with Gasteiger partial charge in [-0.1, -0.05) is 72.9 Å². The molecule has 0 saturated heterocycles. The van der Waals surface area contributed by atoms with Gasteiger partial charge < -0.3 is 29.1 Å². The van der Waals surface area contributed by atoms with E-state index < -0.39 is 11.9 Å². The predicted molar refractivity (Wildman–Crippen MR) is 219 cm³/mol. The van der Waals surface area contributed by atoms with Crippen molar-refractivity contribution in [2.45, 2.75) is 74.4 Å². The predicted octanol–water partition coefficient (Wildman–Crippen LogP) is 9.26. The first-order valence-electron chi connectivity index (χ1n) is 18.2. The second kappa shape index (κ2) is 22.8. The van der Waals surface area contributed by atoms with E-state index in [1.165, 1.54) is 6.07 Å². The maximum Gasteiger partial charge on any atom is 0.358 e. The number of anilines is 2. The molecule has 1 N–H and O–H groups in total. The van der Waals surface area contributed by atoms with Gasteiger partial charge in [0.05, 0.1) is 19.8 Å².